The van der Waals surface area contributed by atoms with Gasteiger partial charge in [0, 0.05) is 7.05 Å². The van der Waals surface area contributed by atoms with Gasteiger partial charge < -0.3 is 4.74 Å². The van der Waals surface area contributed by atoms with Gasteiger partial charge in [0.15, 0.2) is 0 Å². The number of hydrogen-bond donors (Lipinski definition) is 0. The van der Waals surface area contributed by atoms with Gasteiger partial charge in [0.1, 0.15) is 5.75 Å². The average molecular weight is 303 g/mol. The molecule has 0 spiro atoms. The van der Waals surface area contributed by atoms with Crippen molar-refractivity contribution in [1.29, 1.82) is 0 Å². The summed E-state index contributed by atoms with van der Waals surface area (Å²) in [6, 6.07) is 16.1. The Morgan fingerprint density at radius 3 is 2.19 bits per heavy atom. The van der Waals surface area contributed by atoms with Gasteiger partial charge in [-0.1, -0.05) is 30.3 Å². The lowest BCUT2D eigenvalue weighted by Gasteiger charge is -2.16. The van der Waals surface area contributed by atoms with E-state index in [1.54, 1.807) is 61.7 Å². The second-order valence-corrected chi connectivity index (χ2v) is 6.27. The second kappa shape index (κ2) is 6.45. The fraction of sp³-hybridized carbons (Fsp3) is 0.125. The van der Waals surface area contributed by atoms with Crippen LogP contribution in [-0.2, 0) is 10.0 Å². The van der Waals surface area contributed by atoms with Gasteiger partial charge in [0.05, 0.1) is 18.2 Å². The van der Waals surface area contributed by atoms with E-state index < -0.39 is 10.0 Å². The predicted molar refractivity (Wildman–Crippen MR) is 85.8 cm³/mol. The summed E-state index contributed by atoms with van der Waals surface area (Å²) in [5.41, 5.74) is 1.41. The number of benzene rings is 2. The van der Waals surface area contributed by atoms with Crippen molar-refractivity contribution in [3.63, 3.8) is 0 Å². The van der Waals surface area contributed by atoms with E-state index >= 15 is 0 Å². The van der Waals surface area contributed by atoms with Crippen LogP contribution in [0.5, 0.6) is 5.75 Å². The van der Waals surface area contributed by atoms with Gasteiger partial charge in [0.2, 0.25) is 0 Å². The van der Waals surface area contributed by atoms with Crippen molar-refractivity contribution in [3.05, 3.63) is 65.6 Å². The topological polar surface area (TPSA) is 46.6 Å². The van der Waals surface area contributed by atoms with Crippen LogP contribution in [0.15, 0.2) is 60.0 Å². The first-order chi connectivity index (χ1) is 10.0. The van der Waals surface area contributed by atoms with Crippen molar-refractivity contribution in [2.24, 2.45) is 0 Å². The highest BCUT2D eigenvalue weighted by Crippen LogP contribution is 2.18. The van der Waals surface area contributed by atoms with Gasteiger partial charge in [-0.25, -0.2) is 8.42 Å². The van der Waals surface area contributed by atoms with Crippen LogP contribution in [-0.4, -0.2) is 22.6 Å². The molecule has 2 aromatic rings. The van der Waals surface area contributed by atoms with Crippen molar-refractivity contribution in [3.8, 4) is 5.75 Å². The first-order valence-corrected chi connectivity index (χ1v) is 7.89. The predicted octanol–water partition coefficient (Wildman–Crippen LogP) is 3.13. The molecule has 0 aliphatic heterocycles. The maximum atomic E-state index is 12.2. The Morgan fingerprint density at radius 1 is 1.00 bits per heavy atom. The standard InChI is InChI=1S/C16H17NO3S/c1-17(15-6-4-3-5-7-15)21(18,19)13-12-14-8-10-16(20-2)11-9-14/h3-13H,1-2H3. The molecule has 0 aromatic heterocycles. The van der Waals surface area contributed by atoms with Crippen molar-refractivity contribution in [1.82, 2.24) is 0 Å². The Balaban J connectivity index is 2.18. The van der Waals surface area contributed by atoms with Crippen molar-refractivity contribution < 1.29 is 13.2 Å². The number of rotatable bonds is 5. The normalized spacial score (nSPS) is 11.5. The third kappa shape index (κ3) is 3.86. The van der Waals surface area contributed by atoms with E-state index in [1.807, 2.05) is 6.07 Å². The molecule has 0 atom stereocenters. The van der Waals surface area contributed by atoms with Gasteiger partial charge in [0.25, 0.3) is 10.0 Å². The molecular weight excluding hydrogens is 286 g/mol. The van der Waals surface area contributed by atoms with E-state index in [0.29, 0.717) is 5.69 Å². The monoisotopic (exact) mass is 303 g/mol. The molecule has 0 unspecified atom stereocenters. The number of ether oxygens (including phenoxy) is 1. The summed E-state index contributed by atoms with van der Waals surface area (Å²) in [6.07, 6.45) is 1.56. The number of methoxy groups -OCH3 is 1. The van der Waals surface area contributed by atoms with Crippen LogP contribution in [0.1, 0.15) is 5.56 Å². The maximum absolute atomic E-state index is 12.2. The zero-order valence-corrected chi connectivity index (χ0v) is 12.7. The van der Waals surface area contributed by atoms with Crippen molar-refractivity contribution >= 4 is 21.8 Å². The van der Waals surface area contributed by atoms with E-state index in [1.165, 1.54) is 16.8 Å². The summed E-state index contributed by atoms with van der Waals surface area (Å²) in [5, 5.41) is 1.20. The first kappa shape index (κ1) is 15.1. The van der Waals surface area contributed by atoms with Crippen molar-refractivity contribution in [2.45, 2.75) is 0 Å². The van der Waals surface area contributed by atoms with E-state index in [9.17, 15) is 8.42 Å². The molecule has 0 N–H and O–H groups in total. The quantitative estimate of drug-likeness (QED) is 0.852. The fourth-order valence-corrected chi connectivity index (χ4v) is 2.68. The van der Waals surface area contributed by atoms with Crippen LogP contribution in [0.2, 0.25) is 0 Å². The summed E-state index contributed by atoms with van der Waals surface area (Å²) in [6.45, 7) is 0. The summed E-state index contributed by atoms with van der Waals surface area (Å²) < 4.78 is 30.8. The molecule has 0 amide bonds. The molecule has 4 nitrogen and oxygen atoms in total. The van der Waals surface area contributed by atoms with Gasteiger partial charge in [-0.15, -0.1) is 0 Å². The van der Waals surface area contributed by atoms with Gasteiger partial charge in [-0.05, 0) is 35.9 Å². The summed E-state index contributed by atoms with van der Waals surface area (Å²) in [5.74, 6) is 0.733. The number of nitrogens with zero attached hydrogens (tertiary/aromatic N) is 1. The molecule has 0 saturated heterocycles. The Hall–Kier alpha value is -2.27. The molecule has 0 radical (unpaired) electrons. The molecule has 5 heteroatoms. The Labute approximate surface area is 125 Å². The number of para-hydroxylation sites is 1. The zero-order valence-electron chi connectivity index (χ0n) is 11.9. The molecule has 0 fully saturated rings. The van der Waals surface area contributed by atoms with Crippen LogP contribution in [0.3, 0.4) is 0 Å². The molecule has 0 bridgehead atoms. The SMILES string of the molecule is COc1ccc(C=CS(=O)(=O)N(C)c2ccccc2)cc1. The van der Waals surface area contributed by atoms with Crippen molar-refractivity contribution in [2.75, 3.05) is 18.5 Å². The lowest BCUT2D eigenvalue weighted by atomic mass is 10.2. The van der Waals surface area contributed by atoms with Crippen LogP contribution in [0.4, 0.5) is 5.69 Å². The van der Waals surface area contributed by atoms with Gasteiger partial charge >= 0.3 is 0 Å². The van der Waals surface area contributed by atoms with Gasteiger partial charge in [-0.3, -0.25) is 4.31 Å². The molecule has 0 heterocycles. The Bertz CT molecular complexity index is 707. The lowest BCUT2D eigenvalue weighted by Crippen LogP contribution is -2.23. The summed E-state index contributed by atoms with van der Waals surface area (Å²) in [7, 11) is -0.387. The highest BCUT2D eigenvalue weighted by molar-refractivity contribution is 7.95. The summed E-state index contributed by atoms with van der Waals surface area (Å²) in [4.78, 5) is 0. The Morgan fingerprint density at radius 2 is 1.62 bits per heavy atom. The third-order valence-corrected chi connectivity index (χ3v) is 4.50. The highest BCUT2D eigenvalue weighted by Gasteiger charge is 2.14. The molecule has 0 saturated carbocycles. The minimum atomic E-state index is -3.51. The molecule has 2 rings (SSSR count). The van der Waals surface area contributed by atoms with E-state index in [-0.39, 0.29) is 0 Å². The van der Waals surface area contributed by atoms with Crippen LogP contribution in [0, 0.1) is 0 Å². The molecule has 110 valence electrons. The minimum Gasteiger partial charge on any atom is -0.497 e. The lowest BCUT2D eigenvalue weighted by molar-refractivity contribution is 0.415. The third-order valence-electron chi connectivity index (χ3n) is 3.05. The Kier molecular flexibility index (Phi) is 4.65. The van der Waals surface area contributed by atoms with E-state index in [4.69, 9.17) is 4.74 Å². The smallest absolute Gasteiger partial charge is 0.257 e. The zero-order chi connectivity index (χ0) is 15.3. The number of anilines is 1. The average Bonchev–Trinajstić information content (AvgIpc) is 2.53. The molecule has 0 aliphatic rings. The molecular formula is C16H17NO3S. The fourth-order valence-electron chi connectivity index (χ4n) is 1.76. The highest BCUT2D eigenvalue weighted by atomic mass is 32.2. The number of sulfonamides is 1. The van der Waals surface area contributed by atoms with Gasteiger partial charge in [-0.2, -0.15) is 0 Å². The van der Waals surface area contributed by atoms with E-state index in [2.05, 4.69) is 0 Å². The van der Waals surface area contributed by atoms with Crippen LogP contribution < -0.4 is 9.04 Å². The summed E-state index contributed by atoms with van der Waals surface area (Å²) >= 11 is 0. The number of hydrogen-bond acceptors (Lipinski definition) is 3. The van der Waals surface area contributed by atoms with E-state index in [0.717, 1.165) is 11.3 Å². The van der Waals surface area contributed by atoms with Crippen LogP contribution in [0.25, 0.3) is 6.08 Å². The largest absolute Gasteiger partial charge is 0.497 e. The molecule has 21 heavy (non-hydrogen) atoms. The maximum Gasteiger partial charge on any atom is 0.257 e. The molecule has 2 aromatic carbocycles. The minimum absolute atomic E-state index is 0.622. The molecule has 0 aliphatic carbocycles. The first-order valence-electron chi connectivity index (χ1n) is 6.39. The second-order valence-electron chi connectivity index (χ2n) is 4.42. The van der Waals surface area contributed by atoms with Crippen LogP contribution >= 0.6 is 0 Å².